The van der Waals surface area contributed by atoms with Gasteiger partial charge in [0.2, 0.25) is 0 Å². The van der Waals surface area contributed by atoms with E-state index in [1.54, 1.807) is 25.1 Å². The highest BCUT2D eigenvalue weighted by atomic mass is 19.2. The molecule has 1 heterocycles. The van der Waals surface area contributed by atoms with E-state index < -0.39 is 28.7 Å². The number of rotatable bonds is 3. The molecule has 0 aliphatic rings. The topological polar surface area (TPSA) is 83.0 Å². The maximum absolute atomic E-state index is 13.7. The third-order valence-electron chi connectivity index (χ3n) is 3.83. The van der Waals surface area contributed by atoms with Gasteiger partial charge in [0.1, 0.15) is 0 Å². The highest BCUT2D eigenvalue weighted by Gasteiger charge is 2.17. The first-order valence-electron chi connectivity index (χ1n) is 7.56. The molecule has 7 heteroatoms. The Morgan fingerprint density at radius 1 is 1.23 bits per heavy atom. The Bertz CT molecular complexity index is 1160. The second-order valence-electron chi connectivity index (χ2n) is 5.56. The number of halogens is 2. The SMILES string of the molecule is CC#Cc1ccc2c(=O)[nH]nc(Cc3cc(F)c(F)c(C(=O)O)c3)c2c1. The first kappa shape index (κ1) is 17.3. The third-order valence-corrected chi connectivity index (χ3v) is 3.83. The van der Waals surface area contributed by atoms with Gasteiger partial charge in [-0.1, -0.05) is 5.92 Å². The van der Waals surface area contributed by atoms with E-state index in [1.165, 1.54) is 0 Å². The van der Waals surface area contributed by atoms with Crippen LogP contribution in [0.15, 0.2) is 35.1 Å². The summed E-state index contributed by atoms with van der Waals surface area (Å²) in [7, 11) is 0. The number of hydrogen-bond donors (Lipinski definition) is 2. The van der Waals surface area contributed by atoms with Gasteiger partial charge in [-0.05, 0) is 42.8 Å². The molecule has 3 aromatic rings. The summed E-state index contributed by atoms with van der Waals surface area (Å²) < 4.78 is 27.3. The van der Waals surface area contributed by atoms with Crippen LogP contribution < -0.4 is 5.56 Å². The van der Waals surface area contributed by atoms with Crippen LogP contribution in [0.3, 0.4) is 0 Å². The molecule has 0 fully saturated rings. The lowest BCUT2D eigenvalue weighted by atomic mass is 10.0. The fraction of sp³-hybridized carbons (Fsp3) is 0.105. The van der Waals surface area contributed by atoms with Crippen LogP contribution in [0.1, 0.15) is 34.1 Å². The Hall–Kier alpha value is -3.53. The molecule has 0 saturated carbocycles. The number of nitrogens with one attached hydrogen (secondary N) is 1. The maximum atomic E-state index is 13.7. The highest BCUT2D eigenvalue weighted by Crippen LogP contribution is 2.21. The fourth-order valence-electron chi connectivity index (χ4n) is 2.67. The zero-order valence-electron chi connectivity index (χ0n) is 13.6. The van der Waals surface area contributed by atoms with Gasteiger partial charge in [0.25, 0.3) is 5.56 Å². The molecule has 0 radical (unpaired) electrons. The van der Waals surface area contributed by atoms with Crippen LogP contribution in [0.2, 0.25) is 0 Å². The van der Waals surface area contributed by atoms with Crippen molar-refractivity contribution in [3.8, 4) is 11.8 Å². The number of nitrogens with zero attached hydrogens (tertiary/aromatic N) is 1. The zero-order chi connectivity index (χ0) is 18.8. The zero-order valence-corrected chi connectivity index (χ0v) is 13.6. The van der Waals surface area contributed by atoms with Gasteiger partial charge in [-0.2, -0.15) is 5.10 Å². The molecule has 0 bridgehead atoms. The molecule has 0 spiro atoms. The van der Waals surface area contributed by atoms with Crippen molar-refractivity contribution >= 4 is 16.7 Å². The summed E-state index contributed by atoms with van der Waals surface area (Å²) in [4.78, 5) is 23.0. The molecule has 0 atom stereocenters. The van der Waals surface area contributed by atoms with Crippen LogP contribution in [0, 0.1) is 23.5 Å². The van der Waals surface area contributed by atoms with Crippen molar-refractivity contribution in [2.45, 2.75) is 13.3 Å². The van der Waals surface area contributed by atoms with E-state index in [-0.39, 0.29) is 12.0 Å². The number of benzene rings is 2. The summed E-state index contributed by atoms with van der Waals surface area (Å²) in [6.07, 6.45) is 0.00771. The quantitative estimate of drug-likeness (QED) is 0.709. The molecular weight excluding hydrogens is 342 g/mol. The molecule has 2 N–H and O–H groups in total. The van der Waals surface area contributed by atoms with Crippen LogP contribution in [0.4, 0.5) is 8.78 Å². The summed E-state index contributed by atoms with van der Waals surface area (Å²) in [5, 5.41) is 16.2. The third kappa shape index (κ3) is 3.17. The molecule has 130 valence electrons. The second-order valence-corrected chi connectivity index (χ2v) is 5.56. The number of carbonyl (C=O) groups is 1. The van der Waals surface area contributed by atoms with Gasteiger partial charge in [0.15, 0.2) is 11.6 Å². The van der Waals surface area contributed by atoms with Crippen LogP contribution in [0.25, 0.3) is 10.8 Å². The van der Waals surface area contributed by atoms with Gasteiger partial charge in [-0.3, -0.25) is 4.79 Å². The first-order chi connectivity index (χ1) is 12.4. The highest BCUT2D eigenvalue weighted by molar-refractivity contribution is 5.88. The molecule has 0 aliphatic heterocycles. The van der Waals surface area contributed by atoms with Crippen molar-refractivity contribution in [3.05, 3.63) is 74.7 Å². The van der Waals surface area contributed by atoms with Gasteiger partial charge >= 0.3 is 5.97 Å². The number of carboxylic acid groups (broad SMARTS) is 1. The molecule has 0 saturated heterocycles. The standard InChI is InChI=1S/C19H12F2N2O3/c1-2-3-10-4-5-12-13(6-10)16(22-23-18(12)24)9-11-7-14(19(25)26)17(21)15(20)8-11/h4-8H,9H2,1H3,(H,23,24)(H,25,26). The average molecular weight is 354 g/mol. The number of aromatic carboxylic acids is 1. The van der Waals surface area contributed by atoms with Crippen molar-refractivity contribution in [3.63, 3.8) is 0 Å². The Labute approximate surface area is 146 Å². The minimum Gasteiger partial charge on any atom is -0.478 e. The minimum atomic E-state index is -1.57. The molecule has 0 aliphatic carbocycles. The average Bonchev–Trinajstić information content (AvgIpc) is 2.60. The van der Waals surface area contributed by atoms with Crippen molar-refractivity contribution in [2.24, 2.45) is 0 Å². The Kier molecular flexibility index (Phi) is 4.50. The molecular formula is C19H12F2N2O3. The lowest BCUT2D eigenvalue weighted by Gasteiger charge is -2.08. The summed E-state index contributed by atoms with van der Waals surface area (Å²) in [6, 6.07) is 6.94. The Balaban J connectivity index is 2.16. The van der Waals surface area contributed by atoms with Crippen LogP contribution in [0.5, 0.6) is 0 Å². The van der Waals surface area contributed by atoms with E-state index in [9.17, 15) is 18.4 Å². The lowest BCUT2D eigenvalue weighted by molar-refractivity contribution is 0.0690. The van der Waals surface area contributed by atoms with Crippen molar-refractivity contribution in [1.29, 1.82) is 0 Å². The number of aromatic amines is 1. The van der Waals surface area contributed by atoms with Gasteiger partial charge in [0.05, 0.1) is 16.6 Å². The number of hydrogen-bond acceptors (Lipinski definition) is 3. The van der Waals surface area contributed by atoms with Crippen molar-refractivity contribution in [2.75, 3.05) is 0 Å². The van der Waals surface area contributed by atoms with Gasteiger partial charge < -0.3 is 5.11 Å². The monoisotopic (exact) mass is 354 g/mol. The molecule has 2 aromatic carbocycles. The summed E-state index contributed by atoms with van der Waals surface area (Å²) in [5.41, 5.74) is 0.128. The predicted molar refractivity (Wildman–Crippen MR) is 91.0 cm³/mol. The van der Waals surface area contributed by atoms with Crippen molar-refractivity contribution in [1.82, 2.24) is 10.2 Å². The smallest absolute Gasteiger partial charge is 0.338 e. The number of fused-ring (bicyclic) bond motifs is 1. The Morgan fingerprint density at radius 3 is 2.69 bits per heavy atom. The van der Waals surface area contributed by atoms with Gasteiger partial charge in [-0.15, -0.1) is 5.92 Å². The molecule has 3 rings (SSSR count). The normalized spacial score (nSPS) is 10.4. The maximum Gasteiger partial charge on any atom is 0.338 e. The van der Waals surface area contributed by atoms with Gasteiger partial charge in [0, 0.05) is 17.4 Å². The summed E-state index contributed by atoms with van der Waals surface area (Å²) in [6.45, 7) is 1.68. The number of aromatic nitrogens is 2. The Morgan fingerprint density at radius 2 is 2.00 bits per heavy atom. The van der Waals surface area contributed by atoms with Crippen molar-refractivity contribution < 1.29 is 18.7 Å². The largest absolute Gasteiger partial charge is 0.478 e. The van der Waals surface area contributed by atoms with Crippen LogP contribution in [-0.4, -0.2) is 21.3 Å². The number of H-pyrrole nitrogens is 1. The molecule has 5 nitrogen and oxygen atoms in total. The van der Waals surface area contributed by atoms with Gasteiger partial charge in [-0.25, -0.2) is 18.7 Å². The molecule has 26 heavy (non-hydrogen) atoms. The first-order valence-corrected chi connectivity index (χ1v) is 7.56. The van der Waals surface area contributed by atoms with E-state index in [0.29, 0.717) is 22.0 Å². The summed E-state index contributed by atoms with van der Waals surface area (Å²) in [5.74, 6) is 1.39. The van der Waals surface area contributed by atoms with E-state index in [1.807, 2.05) is 0 Å². The number of carboxylic acids is 1. The lowest BCUT2D eigenvalue weighted by Crippen LogP contribution is -2.12. The predicted octanol–water partition coefficient (Wildman–Crippen LogP) is 2.86. The summed E-state index contributed by atoms with van der Waals surface area (Å²) >= 11 is 0. The van der Waals surface area contributed by atoms with E-state index in [2.05, 4.69) is 22.0 Å². The van der Waals surface area contributed by atoms with E-state index >= 15 is 0 Å². The molecule has 1 aromatic heterocycles. The molecule has 0 amide bonds. The molecule has 0 unspecified atom stereocenters. The van der Waals surface area contributed by atoms with Crippen LogP contribution in [-0.2, 0) is 6.42 Å². The van der Waals surface area contributed by atoms with E-state index in [4.69, 9.17) is 5.11 Å². The van der Waals surface area contributed by atoms with E-state index in [0.717, 1.165) is 12.1 Å². The fourth-order valence-corrected chi connectivity index (χ4v) is 2.67. The second kappa shape index (κ2) is 6.76. The minimum absolute atomic E-state index is 0.00771. The van der Waals surface area contributed by atoms with Crippen LogP contribution >= 0.6 is 0 Å².